The first-order valence-electron chi connectivity index (χ1n) is 8.38. The van der Waals surface area contributed by atoms with Crippen molar-refractivity contribution in [1.82, 2.24) is 4.57 Å². The van der Waals surface area contributed by atoms with Crippen molar-refractivity contribution in [3.63, 3.8) is 0 Å². The molecule has 3 aromatic rings. The minimum atomic E-state index is -0.752. The molecular formula is C21H19FN2O3. The molecule has 1 heterocycles. The van der Waals surface area contributed by atoms with Crippen molar-refractivity contribution >= 4 is 17.4 Å². The Morgan fingerprint density at radius 3 is 2.56 bits per heavy atom. The van der Waals surface area contributed by atoms with Crippen molar-refractivity contribution in [3.05, 3.63) is 83.4 Å². The minimum Gasteiger partial charge on any atom is -0.495 e. The molecule has 138 valence electrons. The maximum Gasteiger partial charge on any atom is 0.298 e. The largest absolute Gasteiger partial charge is 0.495 e. The van der Waals surface area contributed by atoms with Crippen LogP contribution < -0.4 is 10.1 Å². The van der Waals surface area contributed by atoms with Gasteiger partial charge in [0.1, 0.15) is 11.6 Å². The van der Waals surface area contributed by atoms with Crippen LogP contribution in [0.3, 0.4) is 0 Å². The molecule has 0 aliphatic rings. The van der Waals surface area contributed by atoms with Crippen LogP contribution in [0.1, 0.15) is 21.6 Å². The lowest BCUT2D eigenvalue weighted by atomic mass is 10.2. The summed E-state index contributed by atoms with van der Waals surface area (Å²) >= 11 is 0. The number of Topliss-reactive ketones (excluding diaryl/α,β-unsaturated/α-hetero) is 1. The van der Waals surface area contributed by atoms with Crippen LogP contribution >= 0.6 is 0 Å². The van der Waals surface area contributed by atoms with Gasteiger partial charge in [0.05, 0.1) is 18.5 Å². The second-order valence-electron chi connectivity index (χ2n) is 6.13. The smallest absolute Gasteiger partial charge is 0.298 e. The second kappa shape index (κ2) is 7.86. The first-order valence-corrected chi connectivity index (χ1v) is 8.38. The Morgan fingerprint density at radius 2 is 1.85 bits per heavy atom. The van der Waals surface area contributed by atoms with Crippen LogP contribution in [0.4, 0.5) is 10.1 Å². The van der Waals surface area contributed by atoms with Gasteiger partial charge >= 0.3 is 0 Å². The number of nitrogens with one attached hydrogen (secondary N) is 1. The van der Waals surface area contributed by atoms with Crippen LogP contribution in [0.5, 0.6) is 5.75 Å². The number of halogens is 1. The summed E-state index contributed by atoms with van der Waals surface area (Å²) in [5.41, 5.74) is 2.44. The van der Waals surface area contributed by atoms with Gasteiger partial charge in [-0.25, -0.2) is 4.39 Å². The highest BCUT2D eigenvalue weighted by Gasteiger charge is 2.21. The molecule has 0 fully saturated rings. The molecule has 0 unspecified atom stereocenters. The first-order chi connectivity index (χ1) is 13.0. The number of methoxy groups -OCH3 is 1. The van der Waals surface area contributed by atoms with Crippen LogP contribution in [0.2, 0.25) is 0 Å². The summed E-state index contributed by atoms with van der Waals surface area (Å²) in [5, 5.41) is 2.61. The Morgan fingerprint density at radius 1 is 1.11 bits per heavy atom. The highest BCUT2D eigenvalue weighted by molar-refractivity contribution is 6.46. The highest BCUT2D eigenvalue weighted by Crippen LogP contribution is 2.25. The van der Waals surface area contributed by atoms with E-state index < -0.39 is 11.7 Å². The predicted octanol–water partition coefficient (Wildman–Crippen LogP) is 3.81. The number of nitrogens with zero attached hydrogens (tertiary/aromatic N) is 1. The van der Waals surface area contributed by atoms with Crippen molar-refractivity contribution in [2.24, 2.45) is 0 Å². The molecule has 1 aromatic heterocycles. The normalized spacial score (nSPS) is 10.5. The summed E-state index contributed by atoms with van der Waals surface area (Å²) in [6.07, 6.45) is 1.71. The molecule has 0 aliphatic carbocycles. The van der Waals surface area contributed by atoms with Gasteiger partial charge < -0.3 is 14.6 Å². The van der Waals surface area contributed by atoms with Gasteiger partial charge in [-0.05, 0) is 54.4 Å². The van der Waals surface area contributed by atoms with Crippen molar-refractivity contribution in [3.8, 4) is 5.75 Å². The van der Waals surface area contributed by atoms with Crippen LogP contribution in [0.15, 0.2) is 60.8 Å². The maximum absolute atomic E-state index is 13.1. The Labute approximate surface area is 156 Å². The monoisotopic (exact) mass is 366 g/mol. The maximum atomic E-state index is 13.1. The third kappa shape index (κ3) is 4.23. The first kappa shape index (κ1) is 18.4. The number of carbonyl (C=O) groups excluding carboxylic acids is 2. The number of ketones is 1. The third-order valence-electron chi connectivity index (χ3n) is 4.14. The van der Waals surface area contributed by atoms with Crippen molar-refractivity contribution in [1.29, 1.82) is 0 Å². The summed E-state index contributed by atoms with van der Waals surface area (Å²) in [4.78, 5) is 25.1. The molecule has 0 saturated heterocycles. The number of amides is 1. The minimum absolute atomic E-state index is 0.253. The van der Waals surface area contributed by atoms with Gasteiger partial charge in [-0.2, -0.15) is 0 Å². The molecule has 0 saturated carbocycles. The molecule has 1 amide bonds. The zero-order valence-corrected chi connectivity index (χ0v) is 15.0. The number of ether oxygens (including phenoxy) is 1. The predicted molar refractivity (Wildman–Crippen MR) is 101 cm³/mol. The number of hydrogen-bond donors (Lipinski definition) is 1. The zero-order chi connectivity index (χ0) is 19.4. The highest BCUT2D eigenvalue weighted by atomic mass is 19.1. The van der Waals surface area contributed by atoms with Crippen molar-refractivity contribution in [2.75, 3.05) is 12.4 Å². The van der Waals surface area contributed by atoms with Crippen LogP contribution in [-0.2, 0) is 11.3 Å². The lowest BCUT2D eigenvalue weighted by Gasteiger charge is -2.12. The molecule has 3 rings (SSSR count). The van der Waals surface area contributed by atoms with Crippen LogP contribution in [-0.4, -0.2) is 23.4 Å². The fraction of sp³-hybridized carbons (Fsp3) is 0.143. The number of benzene rings is 2. The van der Waals surface area contributed by atoms with E-state index in [4.69, 9.17) is 4.74 Å². The van der Waals surface area contributed by atoms with Crippen LogP contribution in [0, 0.1) is 12.7 Å². The Kier molecular flexibility index (Phi) is 5.35. The molecule has 1 N–H and O–H groups in total. The number of aromatic nitrogens is 1. The van der Waals surface area contributed by atoms with Gasteiger partial charge in [0.2, 0.25) is 0 Å². The zero-order valence-electron chi connectivity index (χ0n) is 15.0. The summed E-state index contributed by atoms with van der Waals surface area (Å²) in [6.45, 7) is 2.24. The van der Waals surface area contributed by atoms with E-state index in [1.165, 1.54) is 19.2 Å². The molecule has 0 spiro atoms. The van der Waals surface area contributed by atoms with Crippen molar-refractivity contribution in [2.45, 2.75) is 13.5 Å². The molecular weight excluding hydrogens is 347 g/mol. The van der Waals surface area contributed by atoms with Gasteiger partial charge in [-0.1, -0.05) is 18.2 Å². The summed E-state index contributed by atoms with van der Waals surface area (Å²) in [7, 11) is 1.50. The Hall–Kier alpha value is -3.41. The van der Waals surface area contributed by atoms with Gasteiger partial charge in [0.25, 0.3) is 11.7 Å². The fourth-order valence-corrected chi connectivity index (χ4v) is 2.76. The average molecular weight is 366 g/mol. The van der Waals surface area contributed by atoms with E-state index >= 15 is 0 Å². The lowest BCUT2D eigenvalue weighted by molar-refractivity contribution is -0.112. The van der Waals surface area contributed by atoms with Gasteiger partial charge in [0.15, 0.2) is 0 Å². The van der Waals surface area contributed by atoms with Crippen molar-refractivity contribution < 1.29 is 18.7 Å². The summed E-state index contributed by atoms with van der Waals surface area (Å²) in [5.74, 6) is -1.26. The second-order valence-corrected chi connectivity index (χ2v) is 6.13. The fourth-order valence-electron chi connectivity index (χ4n) is 2.76. The summed E-state index contributed by atoms with van der Waals surface area (Å²) < 4.78 is 19.9. The van der Waals surface area contributed by atoms with Gasteiger partial charge in [0, 0.05) is 12.7 Å². The Bertz CT molecular complexity index is 977. The van der Waals surface area contributed by atoms with E-state index in [0.29, 0.717) is 18.0 Å². The SMILES string of the molecule is COc1ccc(C)cc1NC(=O)C(=O)c1cccn1Cc1ccc(F)cc1. The van der Waals surface area contributed by atoms with E-state index in [0.717, 1.165) is 11.1 Å². The Balaban J connectivity index is 1.78. The van der Waals surface area contributed by atoms with Gasteiger partial charge in [-0.3, -0.25) is 9.59 Å². The van der Waals surface area contributed by atoms with E-state index in [1.807, 2.05) is 13.0 Å². The number of rotatable bonds is 6. The molecule has 0 bridgehead atoms. The number of anilines is 1. The van der Waals surface area contributed by atoms with E-state index in [2.05, 4.69) is 5.32 Å². The van der Waals surface area contributed by atoms with Gasteiger partial charge in [-0.15, -0.1) is 0 Å². The molecule has 0 radical (unpaired) electrons. The standard InChI is InChI=1S/C21H19FN2O3/c1-14-5-10-19(27-2)17(12-14)23-21(26)20(25)18-4-3-11-24(18)13-15-6-8-16(22)9-7-15/h3-12H,13H2,1-2H3,(H,23,26). The van der Waals surface area contributed by atoms with E-state index in [9.17, 15) is 14.0 Å². The molecule has 2 aromatic carbocycles. The van der Waals surface area contributed by atoms with E-state index in [1.54, 1.807) is 47.2 Å². The topological polar surface area (TPSA) is 60.3 Å². The third-order valence-corrected chi connectivity index (χ3v) is 4.14. The quantitative estimate of drug-likeness (QED) is 0.533. The number of hydrogen-bond acceptors (Lipinski definition) is 3. The average Bonchev–Trinajstić information content (AvgIpc) is 3.11. The summed E-state index contributed by atoms with van der Waals surface area (Å²) in [6, 6.07) is 14.6. The number of carbonyl (C=O) groups is 2. The van der Waals surface area contributed by atoms with E-state index in [-0.39, 0.29) is 11.5 Å². The molecule has 27 heavy (non-hydrogen) atoms. The molecule has 0 aliphatic heterocycles. The lowest BCUT2D eigenvalue weighted by Crippen LogP contribution is -2.25. The molecule has 5 nitrogen and oxygen atoms in total. The van der Waals surface area contributed by atoms with Crippen LogP contribution in [0.25, 0.3) is 0 Å². The molecule has 0 atom stereocenters. The molecule has 6 heteroatoms. The number of aryl methyl sites for hydroxylation is 1.